The minimum atomic E-state index is -0.895. The molecule has 2 aliphatic heterocycles. The third kappa shape index (κ3) is 4.44. The second-order valence-corrected chi connectivity index (χ2v) is 9.49. The molecule has 9 heteroatoms. The number of nitrogens with zero attached hydrogens (tertiary/aromatic N) is 1. The van der Waals surface area contributed by atoms with E-state index in [9.17, 15) is 0 Å². The molecule has 0 aliphatic carbocycles. The molecule has 2 aliphatic rings. The summed E-state index contributed by atoms with van der Waals surface area (Å²) < 4.78 is 23.9. The number of rotatable bonds is 10. The summed E-state index contributed by atoms with van der Waals surface area (Å²) in [7, 11) is 0. The fourth-order valence-electron chi connectivity index (χ4n) is 5.36. The van der Waals surface area contributed by atoms with Gasteiger partial charge >= 0.3 is 0 Å². The number of ether oxygens (including phenoxy) is 2. The Hall–Kier alpha value is -3.73. The molecule has 9 nitrogen and oxygen atoms in total. The van der Waals surface area contributed by atoms with Crippen LogP contribution in [-0.4, -0.2) is 19.2 Å². The summed E-state index contributed by atoms with van der Waals surface area (Å²) in [6.45, 7) is 2.01. The van der Waals surface area contributed by atoms with Gasteiger partial charge in [-0.2, -0.15) is 0 Å². The van der Waals surface area contributed by atoms with Gasteiger partial charge in [0.05, 0.1) is 32.1 Å². The molecule has 3 unspecified atom stereocenters. The van der Waals surface area contributed by atoms with E-state index < -0.39 is 17.5 Å². The lowest BCUT2D eigenvalue weighted by molar-refractivity contribution is 0.0644. The topological polar surface area (TPSA) is 119 Å². The van der Waals surface area contributed by atoms with Gasteiger partial charge < -0.3 is 29.4 Å². The first kappa shape index (κ1) is 24.6. The summed E-state index contributed by atoms with van der Waals surface area (Å²) >= 11 is 0. The Morgan fingerprint density at radius 1 is 0.789 bits per heavy atom. The Morgan fingerprint density at radius 3 is 2.00 bits per heavy atom. The van der Waals surface area contributed by atoms with E-state index >= 15 is 0 Å². The largest absolute Gasteiger partial charge is 0.466 e. The average Bonchev–Trinajstić information content (AvgIpc) is 3.69. The van der Waals surface area contributed by atoms with Crippen LogP contribution in [0.2, 0.25) is 0 Å². The van der Waals surface area contributed by atoms with Crippen molar-refractivity contribution in [1.82, 2.24) is 16.0 Å². The van der Waals surface area contributed by atoms with Crippen LogP contribution in [0.25, 0.3) is 0 Å². The molecule has 1 saturated heterocycles. The quantitative estimate of drug-likeness (QED) is 0.255. The van der Waals surface area contributed by atoms with Gasteiger partial charge in [0.2, 0.25) is 0 Å². The van der Waals surface area contributed by atoms with Gasteiger partial charge in [-0.1, -0.05) is 60.7 Å². The molecule has 3 atom stereocenters. The van der Waals surface area contributed by atoms with E-state index in [1.807, 2.05) is 72.8 Å². The van der Waals surface area contributed by atoms with Gasteiger partial charge in [0, 0.05) is 17.7 Å². The molecule has 0 bridgehead atoms. The summed E-state index contributed by atoms with van der Waals surface area (Å²) in [5, 5.41) is 10.3. The number of hydrogen-bond acceptors (Lipinski definition) is 9. The Kier molecular flexibility index (Phi) is 6.84. The molecular weight excluding hydrogens is 482 g/mol. The second kappa shape index (κ2) is 10.6. The zero-order valence-electron chi connectivity index (χ0n) is 20.9. The predicted molar refractivity (Wildman–Crippen MR) is 141 cm³/mol. The summed E-state index contributed by atoms with van der Waals surface area (Å²) in [6.07, 6.45) is 4.59. The second-order valence-electron chi connectivity index (χ2n) is 9.49. The van der Waals surface area contributed by atoms with Gasteiger partial charge in [-0.3, -0.25) is 15.6 Å². The zero-order chi connectivity index (χ0) is 25.8. The van der Waals surface area contributed by atoms with Crippen molar-refractivity contribution in [3.05, 3.63) is 119 Å². The van der Waals surface area contributed by atoms with Crippen molar-refractivity contribution in [2.75, 3.05) is 6.54 Å². The molecular formula is C29H31N5O4. The minimum Gasteiger partial charge on any atom is -0.466 e. The summed E-state index contributed by atoms with van der Waals surface area (Å²) in [5.74, 6) is 1.39. The number of aliphatic imine (C=N–C) groups is 1. The van der Waals surface area contributed by atoms with E-state index in [0.29, 0.717) is 44.5 Å². The molecule has 6 rings (SSSR count). The van der Waals surface area contributed by atoms with Crippen LogP contribution in [0, 0.1) is 0 Å². The number of nitrogens with one attached hydrogen (secondary N) is 3. The van der Waals surface area contributed by atoms with Gasteiger partial charge in [0.1, 0.15) is 36.6 Å². The first-order valence-electron chi connectivity index (χ1n) is 12.7. The maximum absolute atomic E-state index is 6.38. The molecule has 0 radical (unpaired) electrons. The van der Waals surface area contributed by atoms with Crippen LogP contribution in [-0.2, 0) is 47.1 Å². The molecule has 1 fully saturated rings. The normalized spacial score (nSPS) is 24.3. The highest BCUT2D eigenvalue weighted by Gasteiger charge is 2.61. The monoisotopic (exact) mass is 513 g/mol. The number of fused-ring (bicyclic) bond motifs is 1. The minimum absolute atomic E-state index is 0.291. The van der Waals surface area contributed by atoms with Gasteiger partial charge in [-0.25, -0.2) is 0 Å². The zero-order valence-corrected chi connectivity index (χ0v) is 20.9. The smallest absolute Gasteiger partial charge is 0.153 e. The van der Waals surface area contributed by atoms with E-state index in [1.54, 1.807) is 18.9 Å². The first-order valence-corrected chi connectivity index (χ1v) is 12.7. The molecule has 38 heavy (non-hydrogen) atoms. The average molecular weight is 514 g/mol. The lowest BCUT2D eigenvalue weighted by atomic mass is 9.73. The van der Waals surface area contributed by atoms with Crippen LogP contribution in [0.1, 0.15) is 33.8 Å². The van der Waals surface area contributed by atoms with Crippen molar-refractivity contribution in [2.24, 2.45) is 10.7 Å². The number of benzene rings is 2. The molecule has 0 saturated carbocycles. The van der Waals surface area contributed by atoms with Crippen LogP contribution in [0.15, 0.2) is 99.1 Å². The number of nitrogens with two attached hydrogens (primary N) is 1. The van der Waals surface area contributed by atoms with Crippen molar-refractivity contribution < 1.29 is 18.3 Å². The molecule has 4 aromatic rings. The summed E-state index contributed by atoms with van der Waals surface area (Å²) in [6, 6.07) is 24.0. The van der Waals surface area contributed by atoms with Crippen LogP contribution >= 0.6 is 0 Å². The fourth-order valence-corrected chi connectivity index (χ4v) is 5.36. The molecule has 0 amide bonds. The molecule has 4 heterocycles. The lowest BCUT2D eigenvalue weighted by Crippen LogP contribution is -2.76. The summed E-state index contributed by atoms with van der Waals surface area (Å²) in [5.41, 5.74) is 8.62. The Bertz CT molecular complexity index is 1370. The van der Waals surface area contributed by atoms with E-state index in [-0.39, 0.29) is 0 Å². The molecule has 2 aromatic carbocycles. The van der Waals surface area contributed by atoms with E-state index in [2.05, 4.69) is 16.0 Å². The third-order valence-corrected chi connectivity index (χ3v) is 7.17. The van der Waals surface area contributed by atoms with Crippen molar-refractivity contribution in [3.8, 4) is 0 Å². The Morgan fingerprint density at radius 2 is 1.37 bits per heavy atom. The van der Waals surface area contributed by atoms with Crippen LogP contribution in [0.5, 0.6) is 0 Å². The van der Waals surface area contributed by atoms with Crippen molar-refractivity contribution in [1.29, 1.82) is 0 Å². The highest BCUT2D eigenvalue weighted by molar-refractivity contribution is 5.65. The number of furan rings is 2. The van der Waals surface area contributed by atoms with Gasteiger partial charge in [0.15, 0.2) is 5.66 Å². The van der Waals surface area contributed by atoms with Gasteiger partial charge in [-0.05, 0) is 23.3 Å². The van der Waals surface area contributed by atoms with Crippen molar-refractivity contribution in [2.45, 2.75) is 43.9 Å². The van der Waals surface area contributed by atoms with Crippen molar-refractivity contribution in [3.63, 3.8) is 0 Å². The van der Waals surface area contributed by atoms with Crippen LogP contribution < -0.4 is 21.7 Å². The predicted octanol–water partition coefficient (Wildman–Crippen LogP) is 3.42. The van der Waals surface area contributed by atoms with E-state index in [0.717, 1.165) is 22.3 Å². The van der Waals surface area contributed by atoms with Crippen LogP contribution in [0.4, 0.5) is 0 Å². The van der Waals surface area contributed by atoms with E-state index in [4.69, 9.17) is 29.0 Å². The Balaban J connectivity index is 1.27. The molecule has 2 aromatic heterocycles. The first-order chi connectivity index (χ1) is 18.7. The lowest BCUT2D eigenvalue weighted by Gasteiger charge is -2.50. The standard InChI is InChI=1S/C29H31N5O4/c30-27-31-19-28(23-11-13-37-25(23)17-35-15-21-7-3-1-4-8-21)29(34-27,33-20-32-28)24-12-14-38-26(24)18-36-16-22-9-5-2-6-10-22/h1-14,20,27,31,34H,15-19,30H2,(H,32,33). The van der Waals surface area contributed by atoms with Crippen molar-refractivity contribution >= 4 is 6.34 Å². The highest BCUT2D eigenvalue weighted by atomic mass is 16.5. The van der Waals surface area contributed by atoms with Gasteiger partial charge in [-0.15, -0.1) is 0 Å². The van der Waals surface area contributed by atoms with E-state index in [1.165, 1.54) is 0 Å². The fraction of sp³-hybridized carbons (Fsp3) is 0.276. The maximum Gasteiger partial charge on any atom is 0.153 e. The maximum atomic E-state index is 6.38. The van der Waals surface area contributed by atoms with Gasteiger partial charge in [0.25, 0.3) is 0 Å². The SMILES string of the molecule is NC1NCC2(c3ccoc3COCc3ccccc3)N=CNC2(c2ccoc2COCc2ccccc2)N1. The summed E-state index contributed by atoms with van der Waals surface area (Å²) in [4.78, 5) is 4.98. The Labute approximate surface area is 221 Å². The number of hydrogen-bond donors (Lipinski definition) is 4. The molecule has 0 spiro atoms. The molecule has 196 valence electrons. The third-order valence-electron chi connectivity index (χ3n) is 7.17. The highest BCUT2D eigenvalue weighted by Crippen LogP contribution is 2.48. The molecule has 5 N–H and O–H groups in total. The van der Waals surface area contributed by atoms with Crippen LogP contribution in [0.3, 0.4) is 0 Å².